The average Bonchev–Trinajstić information content (AvgIpc) is 3.22. The van der Waals surface area contributed by atoms with Gasteiger partial charge in [-0.15, -0.1) is 0 Å². The maximum Gasteiger partial charge on any atom is 0.319 e. The van der Waals surface area contributed by atoms with Crippen LogP contribution in [0, 0.1) is 17.8 Å². The number of halogens is 1. The molecule has 0 saturated carbocycles. The summed E-state index contributed by atoms with van der Waals surface area (Å²) in [6.45, 7) is 0. The lowest BCUT2D eigenvalue weighted by atomic mass is 9.64. The van der Waals surface area contributed by atoms with Gasteiger partial charge in [-0.2, -0.15) is 0 Å². The Labute approximate surface area is 233 Å². The second-order valence-corrected chi connectivity index (χ2v) is 10.9. The monoisotopic (exact) mass is 579 g/mol. The van der Waals surface area contributed by atoms with E-state index in [1.807, 2.05) is 66.7 Å². The van der Waals surface area contributed by atoms with E-state index >= 15 is 0 Å². The molecule has 0 aromatic heterocycles. The lowest BCUT2D eigenvalue weighted by Crippen LogP contribution is -2.42. The van der Waals surface area contributed by atoms with Gasteiger partial charge in [0, 0.05) is 16.0 Å². The van der Waals surface area contributed by atoms with Crippen LogP contribution in [0.1, 0.15) is 17.0 Å². The quantitative estimate of drug-likeness (QED) is 0.166. The number of ether oxygens (including phenoxy) is 2. The molecule has 0 unspecified atom stereocenters. The number of esters is 1. The second kappa shape index (κ2) is 8.92. The highest BCUT2D eigenvalue weighted by atomic mass is 79.9. The van der Waals surface area contributed by atoms with E-state index in [4.69, 9.17) is 9.47 Å². The molecule has 0 bridgehead atoms. The summed E-state index contributed by atoms with van der Waals surface area (Å²) >= 11 is 3.45. The van der Waals surface area contributed by atoms with Crippen LogP contribution >= 0.6 is 15.9 Å². The largest absolute Gasteiger partial charge is 0.497 e. The summed E-state index contributed by atoms with van der Waals surface area (Å²) in [5.74, 6) is -3.05. The molecule has 6 nitrogen and oxygen atoms in total. The third-order valence-electron chi connectivity index (χ3n) is 8.05. The van der Waals surface area contributed by atoms with Crippen molar-refractivity contribution in [3.05, 3.63) is 107 Å². The highest BCUT2D eigenvalue weighted by molar-refractivity contribution is 9.10. The lowest BCUT2D eigenvalue weighted by Gasteiger charge is -2.38. The third kappa shape index (κ3) is 3.57. The molecule has 0 N–H and O–H groups in total. The second-order valence-electron chi connectivity index (χ2n) is 10.0. The first-order valence-corrected chi connectivity index (χ1v) is 13.5. The van der Waals surface area contributed by atoms with Crippen molar-refractivity contribution in [1.29, 1.82) is 0 Å². The molecule has 2 heterocycles. The zero-order valence-corrected chi connectivity index (χ0v) is 22.4. The minimum absolute atomic E-state index is 0.323. The fraction of sp³-hybridized carbons (Fsp3) is 0.156. The first kappa shape index (κ1) is 23.9. The first-order chi connectivity index (χ1) is 19.0. The molecule has 39 heavy (non-hydrogen) atoms. The maximum absolute atomic E-state index is 14.2. The predicted molar refractivity (Wildman–Crippen MR) is 150 cm³/mol. The molecular weight excluding hydrogens is 558 g/mol. The molecule has 1 saturated heterocycles. The Hall–Kier alpha value is -4.23. The van der Waals surface area contributed by atoms with Crippen molar-refractivity contribution in [2.24, 2.45) is 17.8 Å². The number of carbonyl (C=O) groups is 3. The number of nitrogens with zero attached hydrogens (tertiary/aromatic N) is 1. The lowest BCUT2D eigenvalue weighted by molar-refractivity contribution is -0.142. The number of rotatable bonds is 3. The fourth-order valence-electron chi connectivity index (χ4n) is 6.35. The normalized spacial score (nSPS) is 23.6. The van der Waals surface area contributed by atoms with Crippen LogP contribution in [0.3, 0.4) is 0 Å². The van der Waals surface area contributed by atoms with Crippen molar-refractivity contribution in [2.45, 2.75) is 5.92 Å². The van der Waals surface area contributed by atoms with Gasteiger partial charge in [-0.1, -0.05) is 70.5 Å². The van der Waals surface area contributed by atoms with Crippen LogP contribution in [0.15, 0.2) is 95.5 Å². The van der Waals surface area contributed by atoms with Gasteiger partial charge >= 0.3 is 5.97 Å². The van der Waals surface area contributed by atoms with E-state index in [1.165, 1.54) is 4.90 Å². The maximum atomic E-state index is 14.2. The van der Waals surface area contributed by atoms with Crippen molar-refractivity contribution < 1.29 is 23.9 Å². The minimum atomic E-state index is -0.900. The van der Waals surface area contributed by atoms with Gasteiger partial charge in [0.15, 0.2) is 0 Å². The Morgan fingerprint density at radius 2 is 1.62 bits per heavy atom. The number of anilines is 1. The van der Waals surface area contributed by atoms with Crippen LogP contribution in [0.25, 0.3) is 16.3 Å². The number of carbonyl (C=O) groups excluding carboxylic acids is 3. The van der Waals surface area contributed by atoms with Crippen LogP contribution in [0.5, 0.6) is 11.5 Å². The van der Waals surface area contributed by atoms with Gasteiger partial charge in [0.2, 0.25) is 11.8 Å². The summed E-state index contributed by atoms with van der Waals surface area (Å²) in [7, 11) is 1.60. The van der Waals surface area contributed by atoms with Gasteiger partial charge < -0.3 is 9.47 Å². The molecule has 0 spiro atoms. The number of amides is 2. The standard InChI is InChI=1S/C32H22BrNO5/c1-38-21-12-9-18(10-13-21)23-16-24-26-22-8-3-2-5-17(22)11-14-25(26)39-32(37)28(24)29-27(23)30(35)34(31(29)36)20-7-4-6-19(33)15-20/h2-16,23,27-29H,1H3/t23-,27+,28-,29-/m0/s1. The fourth-order valence-corrected chi connectivity index (χ4v) is 6.74. The van der Waals surface area contributed by atoms with Crippen molar-refractivity contribution in [3.8, 4) is 11.5 Å². The highest BCUT2D eigenvalue weighted by Gasteiger charge is 2.60. The summed E-state index contributed by atoms with van der Waals surface area (Å²) < 4.78 is 11.9. The Kier molecular flexibility index (Phi) is 5.45. The molecule has 3 aliphatic rings. The highest BCUT2D eigenvalue weighted by Crippen LogP contribution is 2.55. The zero-order valence-electron chi connectivity index (χ0n) is 20.8. The third-order valence-corrected chi connectivity index (χ3v) is 8.54. The van der Waals surface area contributed by atoms with Crippen LogP contribution in [0.4, 0.5) is 5.69 Å². The van der Waals surface area contributed by atoms with Gasteiger partial charge in [-0.05, 0) is 58.3 Å². The number of methoxy groups -OCH3 is 1. The van der Waals surface area contributed by atoms with E-state index in [2.05, 4.69) is 15.9 Å². The van der Waals surface area contributed by atoms with Gasteiger partial charge in [0.1, 0.15) is 11.5 Å². The first-order valence-electron chi connectivity index (χ1n) is 12.7. The van der Waals surface area contributed by atoms with Crippen LogP contribution < -0.4 is 14.4 Å². The Morgan fingerprint density at radius 3 is 2.38 bits per heavy atom. The Balaban J connectivity index is 1.46. The average molecular weight is 580 g/mol. The van der Waals surface area contributed by atoms with E-state index in [0.717, 1.165) is 31.9 Å². The van der Waals surface area contributed by atoms with E-state index < -0.39 is 35.5 Å². The van der Waals surface area contributed by atoms with Crippen molar-refractivity contribution in [3.63, 3.8) is 0 Å². The molecule has 2 aliphatic heterocycles. The van der Waals surface area contributed by atoms with Gasteiger partial charge in [0.25, 0.3) is 0 Å². The van der Waals surface area contributed by atoms with Gasteiger partial charge in [-0.25, -0.2) is 4.90 Å². The molecule has 4 aromatic rings. The van der Waals surface area contributed by atoms with E-state index in [9.17, 15) is 14.4 Å². The molecule has 2 amide bonds. The molecule has 0 radical (unpaired) electrons. The molecular formula is C32H22BrNO5. The van der Waals surface area contributed by atoms with Crippen molar-refractivity contribution >= 4 is 55.7 Å². The Bertz CT molecular complexity index is 1730. The van der Waals surface area contributed by atoms with E-state index in [-0.39, 0.29) is 5.91 Å². The van der Waals surface area contributed by atoms with Crippen LogP contribution in [-0.2, 0) is 14.4 Å². The number of hydrogen-bond donors (Lipinski definition) is 0. The van der Waals surface area contributed by atoms with Crippen LogP contribution in [-0.4, -0.2) is 24.9 Å². The summed E-state index contributed by atoms with van der Waals surface area (Å²) in [5.41, 5.74) is 2.88. The topological polar surface area (TPSA) is 72.9 Å². The summed E-state index contributed by atoms with van der Waals surface area (Å²) in [5, 5.41) is 1.94. The molecule has 7 heteroatoms. The predicted octanol–water partition coefficient (Wildman–Crippen LogP) is 6.13. The summed E-state index contributed by atoms with van der Waals surface area (Å²) in [6, 6.07) is 26.3. The van der Waals surface area contributed by atoms with E-state index in [0.29, 0.717) is 17.2 Å². The van der Waals surface area contributed by atoms with E-state index in [1.54, 1.807) is 31.4 Å². The number of fused-ring (bicyclic) bond motifs is 7. The minimum Gasteiger partial charge on any atom is -0.497 e. The Morgan fingerprint density at radius 1 is 0.846 bits per heavy atom. The van der Waals surface area contributed by atoms with Crippen molar-refractivity contribution in [2.75, 3.05) is 12.0 Å². The molecule has 192 valence electrons. The van der Waals surface area contributed by atoms with Crippen molar-refractivity contribution in [1.82, 2.24) is 0 Å². The molecule has 4 atom stereocenters. The van der Waals surface area contributed by atoms with Crippen LogP contribution in [0.2, 0.25) is 0 Å². The smallest absolute Gasteiger partial charge is 0.319 e. The zero-order chi connectivity index (χ0) is 26.8. The number of benzene rings is 4. The molecule has 7 rings (SSSR count). The van der Waals surface area contributed by atoms with Gasteiger partial charge in [0.05, 0.1) is 30.6 Å². The number of hydrogen-bond acceptors (Lipinski definition) is 5. The number of imide groups is 1. The molecule has 1 aliphatic carbocycles. The SMILES string of the molecule is COc1ccc([C@@H]2C=C3c4c(ccc5ccccc45)OC(=O)[C@@H]3[C@H]3C(=O)N(c4cccc(Br)c4)C(=O)[C@@H]32)cc1. The summed E-state index contributed by atoms with van der Waals surface area (Å²) in [4.78, 5) is 43.1. The molecule has 4 aromatic carbocycles. The van der Waals surface area contributed by atoms with Gasteiger partial charge in [-0.3, -0.25) is 14.4 Å². The summed E-state index contributed by atoms with van der Waals surface area (Å²) in [6.07, 6.45) is 2.01. The molecule has 1 fully saturated rings. The number of allylic oxidation sites excluding steroid dienone is 1.